The van der Waals surface area contributed by atoms with E-state index in [2.05, 4.69) is 20.7 Å². The SMILES string of the molecule is Cc1ccc(C(=O)Nc2nc(C3CCNCC3)nn2C)cc1[N+](=O)[O-].Cl. The number of rotatable bonds is 4. The minimum Gasteiger partial charge on any atom is -0.317 e. The van der Waals surface area contributed by atoms with Crippen LogP contribution in [0.5, 0.6) is 0 Å². The van der Waals surface area contributed by atoms with Crippen molar-refractivity contribution in [1.29, 1.82) is 0 Å². The third-order valence-electron chi connectivity index (χ3n) is 4.38. The minimum atomic E-state index is -0.496. The average molecular weight is 381 g/mol. The van der Waals surface area contributed by atoms with Gasteiger partial charge in [0.05, 0.1) is 4.92 Å². The second kappa shape index (κ2) is 8.24. The zero-order valence-electron chi connectivity index (χ0n) is 14.6. The molecule has 1 aliphatic heterocycles. The van der Waals surface area contributed by atoms with Crippen LogP contribution in [0.2, 0.25) is 0 Å². The quantitative estimate of drug-likeness (QED) is 0.620. The fraction of sp³-hybridized carbons (Fsp3) is 0.438. The molecular weight excluding hydrogens is 360 g/mol. The molecule has 0 radical (unpaired) electrons. The Morgan fingerprint density at radius 2 is 2.08 bits per heavy atom. The first-order valence-electron chi connectivity index (χ1n) is 8.13. The van der Waals surface area contributed by atoms with Crippen molar-refractivity contribution in [3.63, 3.8) is 0 Å². The number of nitro groups is 1. The molecule has 1 saturated heterocycles. The normalized spacial score (nSPS) is 14.5. The van der Waals surface area contributed by atoms with Crippen LogP contribution < -0.4 is 10.6 Å². The van der Waals surface area contributed by atoms with E-state index in [1.54, 1.807) is 26.1 Å². The molecule has 1 aromatic heterocycles. The van der Waals surface area contributed by atoms with Crippen LogP contribution >= 0.6 is 12.4 Å². The Labute approximate surface area is 156 Å². The van der Waals surface area contributed by atoms with Crippen LogP contribution in [-0.2, 0) is 7.05 Å². The van der Waals surface area contributed by atoms with Crippen LogP contribution in [0.3, 0.4) is 0 Å². The van der Waals surface area contributed by atoms with Crippen LogP contribution in [0.1, 0.15) is 40.5 Å². The second-order valence-corrected chi connectivity index (χ2v) is 6.15. The summed E-state index contributed by atoms with van der Waals surface area (Å²) in [7, 11) is 1.71. The largest absolute Gasteiger partial charge is 0.317 e. The summed E-state index contributed by atoms with van der Waals surface area (Å²) in [5.74, 6) is 0.880. The number of piperidine rings is 1. The fourth-order valence-corrected chi connectivity index (χ4v) is 2.89. The van der Waals surface area contributed by atoms with Gasteiger partial charge in [-0.05, 0) is 38.9 Å². The summed E-state index contributed by atoms with van der Waals surface area (Å²) in [5.41, 5.74) is 0.637. The highest BCUT2D eigenvalue weighted by molar-refractivity contribution is 6.03. The Morgan fingerprint density at radius 1 is 1.38 bits per heavy atom. The Balaban J connectivity index is 0.00000243. The van der Waals surface area contributed by atoms with Gasteiger partial charge in [-0.15, -0.1) is 12.4 Å². The molecule has 3 rings (SSSR count). The van der Waals surface area contributed by atoms with Gasteiger partial charge in [-0.2, -0.15) is 10.1 Å². The zero-order valence-corrected chi connectivity index (χ0v) is 15.4. The number of nitrogens with zero attached hydrogens (tertiary/aromatic N) is 4. The first kappa shape index (κ1) is 19.8. The van der Waals surface area contributed by atoms with Gasteiger partial charge in [-0.3, -0.25) is 20.2 Å². The van der Waals surface area contributed by atoms with Crippen molar-refractivity contribution in [2.45, 2.75) is 25.7 Å². The molecule has 1 amide bonds. The Kier molecular flexibility index (Phi) is 6.27. The van der Waals surface area contributed by atoms with E-state index in [0.717, 1.165) is 25.9 Å². The van der Waals surface area contributed by atoms with Crippen molar-refractivity contribution < 1.29 is 9.72 Å². The molecule has 0 saturated carbocycles. The number of amides is 1. The van der Waals surface area contributed by atoms with Gasteiger partial charge in [0, 0.05) is 30.2 Å². The summed E-state index contributed by atoms with van der Waals surface area (Å²) in [6.07, 6.45) is 1.92. The Hall–Kier alpha value is -2.52. The molecule has 1 aliphatic rings. The van der Waals surface area contributed by atoms with E-state index in [-0.39, 0.29) is 29.6 Å². The lowest BCUT2D eigenvalue weighted by atomic mass is 9.98. The maximum Gasteiger partial charge on any atom is 0.273 e. The van der Waals surface area contributed by atoms with Gasteiger partial charge in [0.15, 0.2) is 5.82 Å². The number of halogens is 1. The molecule has 2 heterocycles. The lowest BCUT2D eigenvalue weighted by Crippen LogP contribution is -2.27. The van der Waals surface area contributed by atoms with Gasteiger partial charge < -0.3 is 5.32 Å². The molecule has 140 valence electrons. The van der Waals surface area contributed by atoms with Crippen molar-refractivity contribution in [3.05, 3.63) is 45.3 Å². The minimum absolute atomic E-state index is 0. The molecule has 0 spiro atoms. The first-order chi connectivity index (χ1) is 12.0. The number of nitro benzene ring substituents is 1. The first-order valence-corrected chi connectivity index (χ1v) is 8.13. The molecule has 2 N–H and O–H groups in total. The van der Waals surface area contributed by atoms with Crippen LogP contribution in [0.4, 0.5) is 11.6 Å². The number of hydrogen-bond donors (Lipinski definition) is 2. The molecule has 1 fully saturated rings. The standard InChI is InChI=1S/C16H20N6O3.ClH/c1-10-3-4-12(9-13(10)22(24)25)15(23)19-16-18-14(20-21(16)2)11-5-7-17-8-6-11;/h3-4,9,11,17H,5-8H2,1-2H3,(H,18,19,20,23);1H. The molecule has 9 nitrogen and oxygen atoms in total. The zero-order chi connectivity index (χ0) is 18.0. The summed E-state index contributed by atoms with van der Waals surface area (Å²) >= 11 is 0. The van der Waals surface area contributed by atoms with Crippen LogP contribution in [0.15, 0.2) is 18.2 Å². The van der Waals surface area contributed by atoms with Crippen molar-refractivity contribution in [2.75, 3.05) is 18.4 Å². The van der Waals surface area contributed by atoms with Gasteiger partial charge in [0.25, 0.3) is 11.6 Å². The number of nitrogens with one attached hydrogen (secondary N) is 2. The number of hydrogen-bond acceptors (Lipinski definition) is 6. The number of benzene rings is 1. The van der Waals surface area contributed by atoms with E-state index in [9.17, 15) is 14.9 Å². The molecule has 0 unspecified atom stereocenters. The highest BCUT2D eigenvalue weighted by Gasteiger charge is 2.22. The lowest BCUT2D eigenvalue weighted by Gasteiger charge is -2.19. The van der Waals surface area contributed by atoms with Gasteiger partial charge in [-0.25, -0.2) is 4.68 Å². The second-order valence-electron chi connectivity index (χ2n) is 6.15. The number of carbonyl (C=O) groups is 1. The molecule has 0 atom stereocenters. The number of aromatic nitrogens is 3. The van der Waals surface area contributed by atoms with Gasteiger partial charge in [0.2, 0.25) is 5.95 Å². The van der Waals surface area contributed by atoms with E-state index in [0.29, 0.717) is 17.3 Å². The molecule has 10 heteroatoms. The van der Waals surface area contributed by atoms with Crippen LogP contribution in [0, 0.1) is 17.0 Å². The summed E-state index contributed by atoms with van der Waals surface area (Å²) < 4.78 is 1.53. The molecule has 26 heavy (non-hydrogen) atoms. The molecule has 2 aromatic rings. The van der Waals surface area contributed by atoms with Gasteiger partial charge >= 0.3 is 0 Å². The highest BCUT2D eigenvalue weighted by Crippen LogP contribution is 2.24. The van der Waals surface area contributed by atoms with Crippen molar-refractivity contribution >= 4 is 29.9 Å². The monoisotopic (exact) mass is 380 g/mol. The summed E-state index contributed by atoms with van der Waals surface area (Å²) in [4.78, 5) is 27.4. The number of carbonyl (C=O) groups excluding carboxylic acids is 1. The fourth-order valence-electron chi connectivity index (χ4n) is 2.89. The van der Waals surface area contributed by atoms with Gasteiger partial charge in [-0.1, -0.05) is 6.07 Å². The summed E-state index contributed by atoms with van der Waals surface area (Å²) in [6.45, 7) is 3.49. The van der Waals surface area contributed by atoms with E-state index in [4.69, 9.17) is 0 Å². The Morgan fingerprint density at radius 3 is 2.73 bits per heavy atom. The maximum absolute atomic E-state index is 12.4. The van der Waals surface area contributed by atoms with Crippen LogP contribution in [-0.4, -0.2) is 38.7 Å². The molecule has 0 aliphatic carbocycles. The highest BCUT2D eigenvalue weighted by atomic mass is 35.5. The van der Waals surface area contributed by atoms with Gasteiger partial charge in [0.1, 0.15) is 0 Å². The predicted octanol–water partition coefficient (Wildman–Crippen LogP) is 2.17. The van der Waals surface area contributed by atoms with E-state index in [1.165, 1.54) is 10.7 Å². The van der Waals surface area contributed by atoms with Crippen LogP contribution in [0.25, 0.3) is 0 Å². The molecular formula is C16H21ClN6O3. The molecule has 1 aromatic carbocycles. The summed E-state index contributed by atoms with van der Waals surface area (Å²) in [5, 5.41) is 21.4. The van der Waals surface area contributed by atoms with E-state index in [1.807, 2.05) is 0 Å². The van der Waals surface area contributed by atoms with Crippen molar-refractivity contribution in [1.82, 2.24) is 20.1 Å². The smallest absolute Gasteiger partial charge is 0.273 e. The van der Waals surface area contributed by atoms with E-state index >= 15 is 0 Å². The third kappa shape index (κ3) is 4.17. The summed E-state index contributed by atoms with van der Waals surface area (Å²) in [6, 6.07) is 4.39. The van der Waals surface area contributed by atoms with Crippen molar-refractivity contribution in [2.24, 2.45) is 7.05 Å². The average Bonchev–Trinajstić information content (AvgIpc) is 2.96. The predicted molar refractivity (Wildman–Crippen MR) is 98.9 cm³/mol. The van der Waals surface area contributed by atoms with Crippen molar-refractivity contribution in [3.8, 4) is 0 Å². The maximum atomic E-state index is 12.4. The van der Waals surface area contributed by atoms with E-state index < -0.39 is 10.8 Å². The Bertz CT molecular complexity index is 816. The lowest BCUT2D eigenvalue weighted by molar-refractivity contribution is -0.385. The molecule has 0 bridgehead atoms. The topological polar surface area (TPSA) is 115 Å². The number of aryl methyl sites for hydroxylation is 2. The third-order valence-corrected chi connectivity index (χ3v) is 4.38. The number of anilines is 1.